The number of rotatable bonds is 12. The standard InChI is InChI=1S/C36H52N4O6/c1-22(41)38-27-15-13-23-18-30(44-6)33(45-7)34(46-8)32(23)25-14-16-28(29(42)19-26(25)27)37-17-11-9-10-12-31(43)39-24-20-35(2,3)40-36(4,5)21-24/h14,16,18-19,24,27,40H,9-13,15,17,20-21H2,1-8H3,(H,37,42)(H,38,41)(H,39,43)/t27-/m0/s1. The smallest absolute Gasteiger partial charge is 0.220 e. The summed E-state index contributed by atoms with van der Waals surface area (Å²) in [6.07, 6.45) is 6.02. The van der Waals surface area contributed by atoms with Crippen LogP contribution in [0.5, 0.6) is 17.2 Å². The summed E-state index contributed by atoms with van der Waals surface area (Å²) < 4.78 is 17.1. The van der Waals surface area contributed by atoms with Gasteiger partial charge in [0.1, 0.15) is 0 Å². The molecule has 0 unspecified atom stereocenters. The Kier molecular flexibility index (Phi) is 11.2. The molecule has 0 radical (unpaired) electrons. The fourth-order valence-electron chi connectivity index (χ4n) is 7.39. The van der Waals surface area contributed by atoms with Crippen molar-refractivity contribution in [3.05, 3.63) is 45.6 Å². The Morgan fingerprint density at radius 1 is 0.913 bits per heavy atom. The average molecular weight is 637 g/mol. The largest absolute Gasteiger partial charge is 0.493 e. The van der Waals surface area contributed by atoms with E-state index in [0.29, 0.717) is 48.7 Å². The molecule has 4 N–H and O–H groups in total. The number of ether oxygens (including phenoxy) is 3. The van der Waals surface area contributed by atoms with E-state index >= 15 is 0 Å². The molecule has 46 heavy (non-hydrogen) atoms. The second-order valence-corrected chi connectivity index (χ2v) is 13.9. The average Bonchev–Trinajstić information content (AvgIpc) is 3.20. The maximum Gasteiger partial charge on any atom is 0.220 e. The zero-order chi connectivity index (χ0) is 33.6. The summed E-state index contributed by atoms with van der Waals surface area (Å²) in [5, 5.41) is 13.3. The molecule has 4 rings (SSSR count). The molecule has 0 spiro atoms. The Morgan fingerprint density at radius 2 is 1.61 bits per heavy atom. The number of amides is 2. The minimum Gasteiger partial charge on any atom is -0.493 e. The van der Waals surface area contributed by atoms with Crippen molar-refractivity contribution in [3.8, 4) is 28.4 Å². The zero-order valence-electron chi connectivity index (χ0n) is 28.8. The molecule has 10 heteroatoms. The number of benzene rings is 1. The van der Waals surface area contributed by atoms with Crippen molar-refractivity contribution < 1.29 is 23.8 Å². The number of hydrogen-bond donors (Lipinski definition) is 4. The molecule has 1 aliphatic heterocycles. The van der Waals surface area contributed by atoms with E-state index in [4.69, 9.17) is 14.2 Å². The van der Waals surface area contributed by atoms with Gasteiger partial charge in [-0.1, -0.05) is 12.5 Å². The molecular weight excluding hydrogens is 584 g/mol. The van der Waals surface area contributed by atoms with Crippen molar-refractivity contribution in [1.29, 1.82) is 0 Å². The molecule has 2 amide bonds. The summed E-state index contributed by atoms with van der Waals surface area (Å²) in [6, 6.07) is 7.09. The molecular formula is C36H52N4O6. The summed E-state index contributed by atoms with van der Waals surface area (Å²) in [6.45, 7) is 10.8. The lowest BCUT2D eigenvalue weighted by atomic mass is 9.79. The van der Waals surface area contributed by atoms with Crippen LogP contribution in [-0.4, -0.2) is 56.8 Å². The van der Waals surface area contributed by atoms with Gasteiger partial charge in [0.2, 0.25) is 23.0 Å². The first-order valence-corrected chi connectivity index (χ1v) is 16.4. The first-order chi connectivity index (χ1) is 21.8. The molecule has 1 aliphatic carbocycles. The fraction of sp³-hybridized carbons (Fsp3) is 0.583. The summed E-state index contributed by atoms with van der Waals surface area (Å²) in [4.78, 5) is 38.4. The van der Waals surface area contributed by atoms with Crippen molar-refractivity contribution in [1.82, 2.24) is 16.0 Å². The number of unbranched alkanes of at least 4 members (excludes halogenated alkanes) is 2. The minimum absolute atomic E-state index is 0.0148. The molecule has 1 atom stereocenters. The lowest BCUT2D eigenvalue weighted by molar-refractivity contribution is -0.122. The minimum atomic E-state index is -0.359. The van der Waals surface area contributed by atoms with Crippen LogP contribution >= 0.6 is 0 Å². The van der Waals surface area contributed by atoms with E-state index in [1.807, 2.05) is 12.1 Å². The van der Waals surface area contributed by atoms with E-state index in [2.05, 4.69) is 49.0 Å². The molecule has 1 saturated heterocycles. The topological polar surface area (TPSA) is 127 Å². The quantitative estimate of drug-likeness (QED) is 0.233. The molecule has 0 aromatic heterocycles. The van der Waals surface area contributed by atoms with Gasteiger partial charge in [-0.3, -0.25) is 14.4 Å². The van der Waals surface area contributed by atoms with Crippen LogP contribution in [-0.2, 0) is 16.0 Å². The molecule has 252 valence electrons. The van der Waals surface area contributed by atoms with E-state index in [0.717, 1.165) is 54.4 Å². The fourth-order valence-corrected chi connectivity index (χ4v) is 7.39. The maximum atomic E-state index is 13.5. The number of aryl methyl sites for hydroxylation is 1. The molecule has 2 aliphatic rings. The van der Waals surface area contributed by atoms with Crippen molar-refractivity contribution in [3.63, 3.8) is 0 Å². The number of fused-ring (bicyclic) bond motifs is 3. The molecule has 10 nitrogen and oxygen atoms in total. The van der Waals surface area contributed by atoms with Crippen LogP contribution in [0, 0.1) is 0 Å². The van der Waals surface area contributed by atoms with E-state index in [1.165, 1.54) is 6.92 Å². The Bertz CT molecular complexity index is 1470. The normalized spacial score (nSPS) is 18.3. The number of carbonyl (C=O) groups excluding carboxylic acids is 2. The predicted octanol–water partition coefficient (Wildman–Crippen LogP) is 5.26. The highest BCUT2D eigenvalue weighted by Gasteiger charge is 2.38. The molecule has 1 fully saturated rings. The SMILES string of the molecule is COc1cc2c(c(OC)c1OC)-c1ccc(NCCCCCC(=O)NC3CC(C)(C)NC(C)(C)C3)c(=O)cc1[C@@H](NC(C)=O)CC2. The first-order valence-electron chi connectivity index (χ1n) is 16.4. The van der Waals surface area contributed by atoms with Gasteiger partial charge < -0.3 is 35.5 Å². The van der Waals surface area contributed by atoms with Gasteiger partial charge in [0.25, 0.3) is 0 Å². The Morgan fingerprint density at radius 3 is 2.24 bits per heavy atom. The van der Waals surface area contributed by atoms with Gasteiger partial charge in [0, 0.05) is 42.6 Å². The van der Waals surface area contributed by atoms with Gasteiger partial charge in [-0.2, -0.15) is 0 Å². The third-order valence-corrected chi connectivity index (χ3v) is 8.87. The third kappa shape index (κ3) is 8.51. The number of piperidine rings is 1. The van der Waals surface area contributed by atoms with Gasteiger partial charge in [-0.15, -0.1) is 0 Å². The monoisotopic (exact) mass is 636 g/mol. The Balaban J connectivity index is 1.45. The number of nitrogens with one attached hydrogen (secondary N) is 4. The Labute approximate surface area is 273 Å². The van der Waals surface area contributed by atoms with Crippen molar-refractivity contribution in [2.24, 2.45) is 0 Å². The molecule has 1 heterocycles. The highest BCUT2D eigenvalue weighted by atomic mass is 16.5. The second kappa shape index (κ2) is 14.8. The molecule has 0 bridgehead atoms. The molecule has 2 aromatic carbocycles. The maximum absolute atomic E-state index is 13.5. The number of methoxy groups -OCH3 is 3. The highest BCUT2D eigenvalue weighted by molar-refractivity contribution is 5.83. The summed E-state index contributed by atoms with van der Waals surface area (Å²) in [7, 11) is 4.73. The first kappa shape index (κ1) is 35.1. The number of hydrogen-bond acceptors (Lipinski definition) is 8. The zero-order valence-corrected chi connectivity index (χ0v) is 28.8. The lowest BCUT2D eigenvalue weighted by Gasteiger charge is -2.46. The third-order valence-electron chi connectivity index (χ3n) is 8.87. The molecule has 2 aromatic rings. The highest BCUT2D eigenvalue weighted by Crippen LogP contribution is 2.50. The lowest BCUT2D eigenvalue weighted by Crippen LogP contribution is -2.62. The van der Waals surface area contributed by atoms with Crippen molar-refractivity contribution >= 4 is 17.5 Å². The van der Waals surface area contributed by atoms with Gasteiger partial charge >= 0.3 is 0 Å². The van der Waals surface area contributed by atoms with Crippen molar-refractivity contribution in [2.75, 3.05) is 33.2 Å². The number of anilines is 1. The van der Waals surface area contributed by atoms with E-state index in [-0.39, 0.29) is 40.4 Å². The number of carbonyl (C=O) groups is 2. The summed E-state index contributed by atoms with van der Waals surface area (Å²) in [5.41, 5.74) is 3.60. The Hall–Kier alpha value is -3.79. The summed E-state index contributed by atoms with van der Waals surface area (Å²) >= 11 is 0. The molecule has 0 saturated carbocycles. The van der Waals surface area contributed by atoms with Crippen LogP contribution < -0.4 is 40.9 Å². The van der Waals surface area contributed by atoms with Crippen LogP contribution in [0.15, 0.2) is 29.1 Å². The van der Waals surface area contributed by atoms with Gasteiger partial charge in [-0.05, 0) is 101 Å². The van der Waals surface area contributed by atoms with Gasteiger partial charge in [-0.25, -0.2) is 0 Å². The van der Waals surface area contributed by atoms with Crippen molar-refractivity contribution in [2.45, 2.75) is 109 Å². The van der Waals surface area contributed by atoms with Crippen LogP contribution in [0.4, 0.5) is 5.69 Å². The van der Waals surface area contributed by atoms with Gasteiger partial charge in [0.15, 0.2) is 11.5 Å². The van der Waals surface area contributed by atoms with E-state index in [9.17, 15) is 14.4 Å². The van der Waals surface area contributed by atoms with Crippen LogP contribution in [0.3, 0.4) is 0 Å². The summed E-state index contributed by atoms with van der Waals surface area (Å²) in [5.74, 6) is 1.48. The van der Waals surface area contributed by atoms with E-state index in [1.54, 1.807) is 33.5 Å². The van der Waals surface area contributed by atoms with Crippen LogP contribution in [0.25, 0.3) is 11.1 Å². The van der Waals surface area contributed by atoms with Gasteiger partial charge in [0.05, 0.1) is 33.1 Å². The van der Waals surface area contributed by atoms with Crippen LogP contribution in [0.2, 0.25) is 0 Å². The van der Waals surface area contributed by atoms with Crippen LogP contribution in [0.1, 0.15) is 96.7 Å². The predicted molar refractivity (Wildman–Crippen MR) is 182 cm³/mol. The second-order valence-electron chi connectivity index (χ2n) is 13.9. The van der Waals surface area contributed by atoms with E-state index < -0.39 is 0 Å².